The second-order valence-electron chi connectivity index (χ2n) is 6.43. The third kappa shape index (κ3) is 3.78. The molecule has 2 rings (SSSR count). The fraction of sp³-hybridized carbons (Fsp3) is 0.562. The minimum Gasteiger partial charge on any atom is -0.369 e. The first-order valence-electron chi connectivity index (χ1n) is 6.81. The molecule has 0 radical (unpaired) electrons. The summed E-state index contributed by atoms with van der Waals surface area (Å²) in [5, 5.41) is 0.702. The number of ketones is 1. The number of hydrogen-bond acceptors (Lipinski definition) is 3. The minimum absolute atomic E-state index is 0.0378. The van der Waals surface area contributed by atoms with E-state index in [2.05, 4.69) is 0 Å². The molecule has 1 aliphatic heterocycles. The maximum absolute atomic E-state index is 12.5. The highest BCUT2D eigenvalue weighted by molar-refractivity contribution is 8.00. The van der Waals surface area contributed by atoms with Gasteiger partial charge < -0.3 is 4.74 Å². The Bertz CT molecular complexity index is 511. The first kappa shape index (κ1) is 15.9. The minimum atomic E-state index is -0.379. The summed E-state index contributed by atoms with van der Waals surface area (Å²) < 4.78 is 5.99. The summed E-state index contributed by atoms with van der Waals surface area (Å²) in [6, 6.07) is 7.61. The molecule has 110 valence electrons. The van der Waals surface area contributed by atoms with Crippen LogP contribution in [0.3, 0.4) is 0 Å². The van der Waals surface area contributed by atoms with E-state index in [9.17, 15) is 4.79 Å². The van der Waals surface area contributed by atoms with Crippen molar-refractivity contribution in [3.05, 3.63) is 29.3 Å². The lowest BCUT2D eigenvalue weighted by Gasteiger charge is -2.26. The van der Waals surface area contributed by atoms with Crippen LogP contribution in [0.25, 0.3) is 0 Å². The standard InChI is InChI=1S/C16H21ClO2S/c1-15(2)9-13(16(3,4)19-15)14(18)10-20-12-7-5-6-11(17)8-12/h5-8,13H,9-10H2,1-4H3. The van der Waals surface area contributed by atoms with Crippen molar-refractivity contribution in [1.82, 2.24) is 0 Å². The summed E-state index contributed by atoms with van der Waals surface area (Å²) in [5.41, 5.74) is -0.597. The van der Waals surface area contributed by atoms with Crippen LogP contribution in [0.15, 0.2) is 29.2 Å². The molecule has 0 spiro atoms. The van der Waals surface area contributed by atoms with Gasteiger partial charge >= 0.3 is 0 Å². The van der Waals surface area contributed by atoms with Gasteiger partial charge in [-0.2, -0.15) is 0 Å². The second kappa shape index (κ2) is 5.70. The molecule has 1 saturated heterocycles. The molecule has 1 heterocycles. The van der Waals surface area contributed by atoms with Crippen molar-refractivity contribution in [2.45, 2.75) is 50.2 Å². The molecule has 0 aromatic heterocycles. The maximum Gasteiger partial charge on any atom is 0.149 e. The van der Waals surface area contributed by atoms with E-state index in [-0.39, 0.29) is 22.9 Å². The molecule has 0 aliphatic carbocycles. The van der Waals surface area contributed by atoms with E-state index in [0.29, 0.717) is 10.8 Å². The van der Waals surface area contributed by atoms with Crippen LogP contribution in [0.4, 0.5) is 0 Å². The molecule has 1 aliphatic rings. The third-order valence-corrected chi connectivity index (χ3v) is 4.89. The van der Waals surface area contributed by atoms with E-state index >= 15 is 0 Å². The normalized spacial score (nSPS) is 23.8. The van der Waals surface area contributed by atoms with Gasteiger partial charge in [0, 0.05) is 15.8 Å². The zero-order valence-electron chi connectivity index (χ0n) is 12.4. The van der Waals surface area contributed by atoms with Gasteiger partial charge in [0.15, 0.2) is 0 Å². The average Bonchev–Trinajstić information content (AvgIpc) is 2.54. The molecule has 1 unspecified atom stereocenters. The lowest BCUT2D eigenvalue weighted by molar-refractivity contribution is -0.126. The number of carbonyl (C=O) groups excluding carboxylic acids is 1. The Morgan fingerprint density at radius 3 is 2.65 bits per heavy atom. The Morgan fingerprint density at radius 1 is 1.40 bits per heavy atom. The van der Waals surface area contributed by atoms with Crippen LogP contribution in [0.1, 0.15) is 34.1 Å². The summed E-state index contributed by atoms with van der Waals surface area (Å²) in [6.45, 7) is 8.11. The van der Waals surface area contributed by atoms with E-state index in [1.807, 2.05) is 52.0 Å². The van der Waals surface area contributed by atoms with E-state index in [1.165, 1.54) is 0 Å². The summed E-state index contributed by atoms with van der Waals surface area (Å²) >= 11 is 7.49. The zero-order chi connectivity index (χ0) is 15.0. The maximum atomic E-state index is 12.5. The van der Waals surface area contributed by atoms with Crippen LogP contribution in [0, 0.1) is 5.92 Å². The number of thioether (sulfide) groups is 1. The number of carbonyl (C=O) groups is 1. The molecule has 1 aromatic rings. The highest BCUT2D eigenvalue weighted by Crippen LogP contribution is 2.43. The lowest BCUT2D eigenvalue weighted by Crippen LogP contribution is -2.34. The molecule has 4 heteroatoms. The fourth-order valence-electron chi connectivity index (χ4n) is 2.88. The topological polar surface area (TPSA) is 26.3 Å². The summed E-state index contributed by atoms with van der Waals surface area (Å²) in [4.78, 5) is 13.5. The predicted octanol–water partition coefficient (Wildman–Crippen LogP) is 4.59. The highest BCUT2D eigenvalue weighted by Gasteiger charge is 2.48. The van der Waals surface area contributed by atoms with Crippen molar-refractivity contribution < 1.29 is 9.53 Å². The number of rotatable bonds is 4. The first-order chi connectivity index (χ1) is 9.20. The van der Waals surface area contributed by atoms with Gasteiger partial charge in [-0.25, -0.2) is 0 Å². The van der Waals surface area contributed by atoms with Gasteiger partial charge in [0.25, 0.3) is 0 Å². The Balaban J connectivity index is 1.99. The van der Waals surface area contributed by atoms with Gasteiger partial charge in [0.05, 0.1) is 17.0 Å². The largest absolute Gasteiger partial charge is 0.369 e. The number of benzene rings is 1. The van der Waals surface area contributed by atoms with Crippen molar-refractivity contribution in [2.75, 3.05) is 5.75 Å². The Labute approximate surface area is 130 Å². The predicted molar refractivity (Wildman–Crippen MR) is 84.5 cm³/mol. The van der Waals surface area contributed by atoms with E-state index in [4.69, 9.17) is 16.3 Å². The third-order valence-electron chi connectivity index (χ3n) is 3.64. The monoisotopic (exact) mass is 312 g/mol. The zero-order valence-corrected chi connectivity index (χ0v) is 14.0. The van der Waals surface area contributed by atoms with Gasteiger partial charge in [-0.05, 0) is 52.3 Å². The molecule has 20 heavy (non-hydrogen) atoms. The molecule has 1 atom stereocenters. The molecule has 0 N–H and O–H groups in total. The van der Waals surface area contributed by atoms with Crippen LogP contribution in [0.5, 0.6) is 0 Å². The molecule has 0 saturated carbocycles. The lowest BCUT2D eigenvalue weighted by atomic mass is 9.84. The van der Waals surface area contributed by atoms with Crippen molar-refractivity contribution in [1.29, 1.82) is 0 Å². The van der Waals surface area contributed by atoms with Crippen LogP contribution in [0.2, 0.25) is 5.02 Å². The number of hydrogen-bond donors (Lipinski definition) is 0. The highest BCUT2D eigenvalue weighted by atomic mass is 35.5. The Kier molecular flexibility index (Phi) is 4.53. The molecule has 0 bridgehead atoms. The second-order valence-corrected chi connectivity index (χ2v) is 7.92. The average molecular weight is 313 g/mol. The summed E-state index contributed by atoms with van der Waals surface area (Å²) in [6.07, 6.45) is 0.787. The van der Waals surface area contributed by atoms with Crippen molar-refractivity contribution in [2.24, 2.45) is 5.92 Å². The van der Waals surface area contributed by atoms with Gasteiger partial charge in [0.1, 0.15) is 5.78 Å². The molecule has 1 aromatic carbocycles. The molecule has 0 amide bonds. The number of halogens is 1. The summed E-state index contributed by atoms with van der Waals surface area (Å²) in [7, 11) is 0. The smallest absolute Gasteiger partial charge is 0.149 e. The van der Waals surface area contributed by atoms with Crippen LogP contribution >= 0.6 is 23.4 Å². The molecule has 2 nitrogen and oxygen atoms in total. The van der Waals surface area contributed by atoms with Crippen molar-refractivity contribution >= 4 is 29.1 Å². The van der Waals surface area contributed by atoms with Gasteiger partial charge in [-0.15, -0.1) is 11.8 Å². The molecular weight excluding hydrogens is 292 g/mol. The van der Waals surface area contributed by atoms with Crippen LogP contribution < -0.4 is 0 Å². The van der Waals surface area contributed by atoms with E-state index < -0.39 is 0 Å². The van der Waals surface area contributed by atoms with Crippen LogP contribution in [-0.2, 0) is 9.53 Å². The number of Topliss-reactive ketones (excluding diaryl/α,β-unsaturated/α-hetero) is 1. The van der Waals surface area contributed by atoms with Gasteiger partial charge in [-0.1, -0.05) is 17.7 Å². The van der Waals surface area contributed by atoms with Gasteiger partial charge in [0.2, 0.25) is 0 Å². The Hall–Kier alpha value is -0.510. The molecular formula is C16H21ClO2S. The van der Waals surface area contributed by atoms with Crippen molar-refractivity contribution in [3.63, 3.8) is 0 Å². The van der Waals surface area contributed by atoms with E-state index in [1.54, 1.807) is 11.8 Å². The van der Waals surface area contributed by atoms with Crippen LogP contribution in [-0.4, -0.2) is 22.7 Å². The molecule has 1 fully saturated rings. The quantitative estimate of drug-likeness (QED) is 0.760. The fourth-order valence-corrected chi connectivity index (χ4v) is 4.03. The van der Waals surface area contributed by atoms with Gasteiger partial charge in [-0.3, -0.25) is 4.79 Å². The summed E-state index contributed by atoms with van der Waals surface area (Å²) in [5.74, 6) is 0.683. The van der Waals surface area contributed by atoms with E-state index in [0.717, 1.165) is 11.3 Å². The first-order valence-corrected chi connectivity index (χ1v) is 8.17. The Morgan fingerprint density at radius 2 is 2.10 bits per heavy atom. The number of ether oxygens (including phenoxy) is 1. The van der Waals surface area contributed by atoms with Crippen molar-refractivity contribution in [3.8, 4) is 0 Å². The SMILES string of the molecule is CC1(C)CC(C(=O)CSc2cccc(Cl)c2)C(C)(C)O1.